The quantitative estimate of drug-likeness (QED) is 0.801. The molecule has 23 heavy (non-hydrogen) atoms. The van der Waals surface area contributed by atoms with Crippen molar-refractivity contribution in [3.8, 4) is 0 Å². The van der Waals surface area contributed by atoms with Gasteiger partial charge in [0.05, 0.1) is 23.6 Å². The van der Waals surface area contributed by atoms with E-state index in [0.717, 1.165) is 11.3 Å². The number of nitrogens with one attached hydrogen (secondary N) is 1. The third kappa shape index (κ3) is 3.26. The highest BCUT2D eigenvalue weighted by molar-refractivity contribution is 5.91. The van der Waals surface area contributed by atoms with Gasteiger partial charge in [0, 0.05) is 18.3 Å². The lowest BCUT2D eigenvalue weighted by Gasteiger charge is -2.09. The molecule has 0 aliphatic rings. The van der Waals surface area contributed by atoms with Gasteiger partial charge in [-0.25, -0.2) is 4.68 Å². The molecule has 2 heterocycles. The van der Waals surface area contributed by atoms with E-state index >= 15 is 0 Å². The number of aromatic nitrogens is 3. The van der Waals surface area contributed by atoms with Crippen molar-refractivity contribution in [3.05, 3.63) is 64.7 Å². The van der Waals surface area contributed by atoms with Crippen molar-refractivity contribution in [3.63, 3.8) is 0 Å². The normalized spacial score (nSPS) is 10.7. The molecule has 1 aromatic carbocycles. The third-order valence-corrected chi connectivity index (χ3v) is 3.59. The molecule has 2 aromatic heterocycles. The van der Waals surface area contributed by atoms with Crippen LogP contribution in [0.4, 0.5) is 5.69 Å². The molecule has 0 spiro atoms. The molecule has 0 bridgehead atoms. The number of rotatable bonds is 4. The van der Waals surface area contributed by atoms with Crippen molar-refractivity contribution in [2.45, 2.75) is 19.9 Å². The number of hydrogen-bond donors (Lipinski definition) is 1. The predicted octanol–water partition coefficient (Wildman–Crippen LogP) is 2.13. The lowest BCUT2D eigenvalue weighted by molar-refractivity contribution is -0.116. The maximum absolute atomic E-state index is 12.3. The Morgan fingerprint density at radius 1 is 1.22 bits per heavy atom. The van der Waals surface area contributed by atoms with Crippen LogP contribution in [-0.4, -0.2) is 20.7 Å². The van der Waals surface area contributed by atoms with E-state index in [0.29, 0.717) is 10.9 Å². The minimum atomic E-state index is -0.237. The summed E-state index contributed by atoms with van der Waals surface area (Å²) in [5.74, 6) is -0.153. The van der Waals surface area contributed by atoms with Crippen molar-refractivity contribution in [2.24, 2.45) is 0 Å². The number of benzene rings is 1. The van der Waals surface area contributed by atoms with Crippen LogP contribution >= 0.6 is 0 Å². The molecule has 0 aliphatic heterocycles. The number of nitrogens with zero attached hydrogens (tertiary/aromatic N) is 3. The Hall–Kier alpha value is -3.02. The van der Waals surface area contributed by atoms with Crippen LogP contribution in [0.1, 0.15) is 12.0 Å². The van der Waals surface area contributed by atoms with Gasteiger partial charge in [0.2, 0.25) is 5.91 Å². The molecule has 0 radical (unpaired) electrons. The van der Waals surface area contributed by atoms with E-state index in [1.165, 1.54) is 10.9 Å². The first-order valence-corrected chi connectivity index (χ1v) is 7.31. The fourth-order valence-corrected chi connectivity index (χ4v) is 2.31. The summed E-state index contributed by atoms with van der Waals surface area (Å²) in [5, 5.41) is 7.41. The Morgan fingerprint density at radius 2 is 2.04 bits per heavy atom. The molecule has 3 aromatic rings. The Kier molecular flexibility index (Phi) is 4.14. The zero-order valence-corrected chi connectivity index (χ0v) is 12.7. The molecule has 0 saturated carbocycles. The van der Waals surface area contributed by atoms with Crippen molar-refractivity contribution in [2.75, 3.05) is 5.32 Å². The summed E-state index contributed by atoms with van der Waals surface area (Å²) in [6, 6.07) is 11.0. The topological polar surface area (TPSA) is 76.9 Å². The number of para-hydroxylation sites is 1. The zero-order valence-electron chi connectivity index (χ0n) is 12.7. The minimum Gasteiger partial charge on any atom is -0.326 e. The Morgan fingerprint density at radius 3 is 2.87 bits per heavy atom. The van der Waals surface area contributed by atoms with Crippen molar-refractivity contribution in [1.29, 1.82) is 0 Å². The number of carbonyl (C=O) groups excluding carboxylic acids is 1. The standard InChI is InChI=1S/C17H16N4O2/c1-12-5-2-3-7-14(12)20-16(22)8-10-21-17(23)13-6-4-9-18-15(13)11-19-21/h2-7,9,11H,8,10H2,1H3,(H,20,22). The van der Waals surface area contributed by atoms with Gasteiger partial charge in [-0.3, -0.25) is 14.6 Å². The highest BCUT2D eigenvalue weighted by Gasteiger charge is 2.08. The fraction of sp³-hybridized carbons (Fsp3) is 0.176. The first kappa shape index (κ1) is 14.9. The van der Waals surface area contributed by atoms with Gasteiger partial charge in [-0.15, -0.1) is 0 Å². The summed E-state index contributed by atoms with van der Waals surface area (Å²) in [4.78, 5) is 28.4. The molecular formula is C17H16N4O2. The van der Waals surface area contributed by atoms with Crippen LogP contribution in [0.25, 0.3) is 10.9 Å². The second-order valence-corrected chi connectivity index (χ2v) is 5.22. The maximum atomic E-state index is 12.3. The maximum Gasteiger partial charge on any atom is 0.276 e. The van der Waals surface area contributed by atoms with Gasteiger partial charge < -0.3 is 5.32 Å². The summed E-state index contributed by atoms with van der Waals surface area (Å²) in [6.07, 6.45) is 3.33. The Balaban J connectivity index is 1.71. The monoisotopic (exact) mass is 308 g/mol. The average molecular weight is 308 g/mol. The molecule has 0 fully saturated rings. The van der Waals surface area contributed by atoms with E-state index in [2.05, 4.69) is 15.4 Å². The molecule has 0 aliphatic carbocycles. The van der Waals surface area contributed by atoms with Gasteiger partial charge in [0.1, 0.15) is 0 Å². The van der Waals surface area contributed by atoms with Crippen molar-refractivity contribution < 1.29 is 4.79 Å². The van der Waals surface area contributed by atoms with E-state index < -0.39 is 0 Å². The molecular weight excluding hydrogens is 292 g/mol. The molecule has 1 amide bonds. The number of pyridine rings is 1. The van der Waals surface area contributed by atoms with E-state index in [1.807, 2.05) is 31.2 Å². The van der Waals surface area contributed by atoms with Crippen LogP contribution in [0.2, 0.25) is 0 Å². The van der Waals surface area contributed by atoms with Crippen LogP contribution in [0.5, 0.6) is 0 Å². The zero-order chi connectivity index (χ0) is 16.2. The van der Waals surface area contributed by atoms with Gasteiger partial charge >= 0.3 is 0 Å². The number of amides is 1. The summed E-state index contributed by atoms with van der Waals surface area (Å²) in [5.41, 5.74) is 2.09. The smallest absolute Gasteiger partial charge is 0.276 e. The first-order chi connectivity index (χ1) is 11.1. The lowest BCUT2D eigenvalue weighted by atomic mass is 10.2. The van der Waals surface area contributed by atoms with Crippen LogP contribution < -0.4 is 10.9 Å². The summed E-state index contributed by atoms with van der Waals surface area (Å²) >= 11 is 0. The predicted molar refractivity (Wildman–Crippen MR) is 88.2 cm³/mol. The number of anilines is 1. The highest BCUT2D eigenvalue weighted by atomic mass is 16.2. The number of hydrogen-bond acceptors (Lipinski definition) is 4. The second-order valence-electron chi connectivity index (χ2n) is 5.22. The summed E-state index contributed by atoms with van der Waals surface area (Å²) in [6.45, 7) is 2.15. The first-order valence-electron chi connectivity index (χ1n) is 7.31. The Bertz CT molecular complexity index is 918. The van der Waals surface area contributed by atoms with Crippen molar-refractivity contribution in [1.82, 2.24) is 14.8 Å². The molecule has 0 saturated heterocycles. The van der Waals surface area contributed by atoms with E-state index in [4.69, 9.17) is 0 Å². The fourth-order valence-electron chi connectivity index (χ4n) is 2.31. The van der Waals surface area contributed by atoms with Crippen LogP contribution in [-0.2, 0) is 11.3 Å². The molecule has 3 rings (SSSR count). The molecule has 1 N–H and O–H groups in total. The minimum absolute atomic E-state index is 0.153. The van der Waals surface area contributed by atoms with Gasteiger partial charge in [0.25, 0.3) is 5.56 Å². The van der Waals surface area contributed by atoms with Crippen LogP contribution in [0, 0.1) is 6.92 Å². The largest absolute Gasteiger partial charge is 0.326 e. The highest BCUT2D eigenvalue weighted by Crippen LogP contribution is 2.13. The van der Waals surface area contributed by atoms with Gasteiger partial charge in [-0.1, -0.05) is 18.2 Å². The van der Waals surface area contributed by atoms with E-state index in [1.54, 1.807) is 18.3 Å². The summed E-state index contributed by atoms with van der Waals surface area (Å²) < 4.78 is 1.29. The van der Waals surface area contributed by atoms with Gasteiger partial charge in [-0.2, -0.15) is 5.10 Å². The second kappa shape index (κ2) is 6.39. The van der Waals surface area contributed by atoms with Gasteiger partial charge in [0.15, 0.2) is 0 Å². The average Bonchev–Trinajstić information content (AvgIpc) is 2.57. The molecule has 0 unspecified atom stereocenters. The Labute approximate surface area is 132 Å². The molecule has 6 nitrogen and oxygen atoms in total. The molecule has 116 valence electrons. The van der Waals surface area contributed by atoms with E-state index in [-0.39, 0.29) is 24.4 Å². The van der Waals surface area contributed by atoms with Gasteiger partial charge in [-0.05, 0) is 30.7 Å². The van der Waals surface area contributed by atoms with Crippen molar-refractivity contribution >= 4 is 22.5 Å². The molecule has 0 atom stereocenters. The number of carbonyl (C=O) groups is 1. The van der Waals surface area contributed by atoms with Crippen LogP contribution in [0.15, 0.2) is 53.6 Å². The molecule has 6 heteroatoms. The SMILES string of the molecule is Cc1ccccc1NC(=O)CCn1ncc2ncccc2c1=O. The number of aryl methyl sites for hydroxylation is 2. The lowest BCUT2D eigenvalue weighted by Crippen LogP contribution is -2.25. The third-order valence-electron chi connectivity index (χ3n) is 3.59. The van der Waals surface area contributed by atoms with Crippen LogP contribution in [0.3, 0.4) is 0 Å². The van der Waals surface area contributed by atoms with E-state index in [9.17, 15) is 9.59 Å². The number of fused-ring (bicyclic) bond motifs is 1. The summed E-state index contributed by atoms with van der Waals surface area (Å²) in [7, 11) is 0.